The summed E-state index contributed by atoms with van der Waals surface area (Å²) in [6.07, 6.45) is 15.2. The van der Waals surface area contributed by atoms with Gasteiger partial charge in [-0.3, -0.25) is 0 Å². The fourth-order valence-corrected chi connectivity index (χ4v) is 5.42. The van der Waals surface area contributed by atoms with Crippen molar-refractivity contribution in [1.29, 1.82) is 0 Å². The predicted molar refractivity (Wildman–Crippen MR) is 88.5 cm³/mol. The third-order valence-electron chi connectivity index (χ3n) is 6.71. The molecule has 122 valence electrons. The van der Waals surface area contributed by atoms with E-state index < -0.39 is 0 Å². The first-order chi connectivity index (χ1) is 10.2. The molecule has 1 aliphatic heterocycles. The van der Waals surface area contributed by atoms with Gasteiger partial charge in [-0.05, 0) is 63.3 Å². The molecule has 0 radical (unpaired) electrons. The van der Waals surface area contributed by atoms with Crippen molar-refractivity contribution in [3.63, 3.8) is 0 Å². The largest absolute Gasteiger partial charge is 0.375 e. The van der Waals surface area contributed by atoms with Crippen molar-refractivity contribution in [1.82, 2.24) is 5.32 Å². The minimum absolute atomic E-state index is 0.262. The van der Waals surface area contributed by atoms with E-state index in [0.717, 1.165) is 30.4 Å². The molecule has 3 aliphatic rings. The lowest BCUT2D eigenvalue weighted by Gasteiger charge is -2.47. The van der Waals surface area contributed by atoms with Gasteiger partial charge in [-0.15, -0.1) is 0 Å². The van der Waals surface area contributed by atoms with Gasteiger partial charge in [-0.1, -0.05) is 39.0 Å². The molecule has 0 aromatic rings. The highest BCUT2D eigenvalue weighted by atomic mass is 16.5. The molecule has 0 aromatic heterocycles. The second-order valence-electron chi connectivity index (χ2n) is 8.18. The number of nitrogens with one attached hydrogen (secondary N) is 1. The fourth-order valence-electron chi connectivity index (χ4n) is 5.42. The standard InChI is InChI=1S/C19H35NO/c1-15-6-8-16(9-7-15)18(20-2)17-10-13-21-19(14-17)11-4-3-5-12-19/h15-18,20H,3-14H2,1-2H3. The van der Waals surface area contributed by atoms with Gasteiger partial charge in [0.1, 0.15) is 0 Å². The summed E-state index contributed by atoms with van der Waals surface area (Å²) < 4.78 is 6.31. The SMILES string of the molecule is CNC(C1CCC(C)CC1)C1CCOC2(CCCCC2)C1. The van der Waals surface area contributed by atoms with E-state index in [-0.39, 0.29) is 5.60 Å². The van der Waals surface area contributed by atoms with Crippen molar-refractivity contribution in [3.05, 3.63) is 0 Å². The van der Waals surface area contributed by atoms with Gasteiger partial charge >= 0.3 is 0 Å². The lowest BCUT2D eigenvalue weighted by molar-refractivity contribution is -0.124. The van der Waals surface area contributed by atoms with Crippen LogP contribution >= 0.6 is 0 Å². The molecule has 0 aromatic carbocycles. The van der Waals surface area contributed by atoms with Crippen LogP contribution in [-0.4, -0.2) is 25.3 Å². The Hall–Kier alpha value is -0.0800. The smallest absolute Gasteiger partial charge is 0.0685 e. The average Bonchev–Trinajstić information content (AvgIpc) is 2.51. The van der Waals surface area contributed by atoms with E-state index in [1.807, 2.05) is 0 Å². The van der Waals surface area contributed by atoms with Crippen LogP contribution in [0.5, 0.6) is 0 Å². The second-order valence-corrected chi connectivity index (χ2v) is 8.18. The van der Waals surface area contributed by atoms with Crippen LogP contribution < -0.4 is 5.32 Å². The quantitative estimate of drug-likeness (QED) is 0.825. The number of rotatable bonds is 3. The van der Waals surface area contributed by atoms with Crippen LogP contribution in [-0.2, 0) is 4.74 Å². The van der Waals surface area contributed by atoms with Gasteiger partial charge in [0, 0.05) is 12.6 Å². The summed E-state index contributed by atoms with van der Waals surface area (Å²) in [5.41, 5.74) is 0.262. The van der Waals surface area contributed by atoms with Crippen LogP contribution in [0.25, 0.3) is 0 Å². The molecule has 0 amide bonds. The third-order valence-corrected chi connectivity index (χ3v) is 6.71. The fraction of sp³-hybridized carbons (Fsp3) is 1.00. The number of hydrogen-bond donors (Lipinski definition) is 1. The zero-order valence-electron chi connectivity index (χ0n) is 14.2. The summed E-state index contributed by atoms with van der Waals surface area (Å²) in [7, 11) is 2.20. The lowest BCUT2D eigenvalue weighted by atomic mass is 9.69. The molecule has 0 bridgehead atoms. The van der Waals surface area contributed by atoms with Crippen LogP contribution in [0.15, 0.2) is 0 Å². The van der Waals surface area contributed by atoms with Gasteiger partial charge < -0.3 is 10.1 Å². The summed E-state index contributed by atoms with van der Waals surface area (Å²) in [5, 5.41) is 3.72. The summed E-state index contributed by atoms with van der Waals surface area (Å²) in [5.74, 6) is 2.72. The maximum Gasteiger partial charge on any atom is 0.0685 e. The van der Waals surface area contributed by atoms with Crippen molar-refractivity contribution in [2.24, 2.45) is 17.8 Å². The van der Waals surface area contributed by atoms with Gasteiger partial charge in [0.05, 0.1) is 5.60 Å². The molecule has 2 heteroatoms. The summed E-state index contributed by atoms with van der Waals surface area (Å²) >= 11 is 0. The van der Waals surface area contributed by atoms with Crippen LogP contribution in [0.2, 0.25) is 0 Å². The maximum atomic E-state index is 6.31. The Balaban J connectivity index is 1.63. The monoisotopic (exact) mass is 293 g/mol. The summed E-state index contributed by atoms with van der Waals surface area (Å²) in [4.78, 5) is 0. The van der Waals surface area contributed by atoms with Crippen LogP contribution in [0, 0.1) is 17.8 Å². The highest BCUT2D eigenvalue weighted by Crippen LogP contribution is 2.44. The molecule has 3 fully saturated rings. The molecule has 2 aliphatic carbocycles. The minimum atomic E-state index is 0.262. The van der Waals surface area contributed by atoms with E-state index >= 15 is 0 Å². The van der Waals surface area contributed by atoms with Crippen molar-refractivity contribution in [2.75, 3.05) is 13.7 Å². The Morgan fingerprint density at radius 1 is 0.952 bits per heavy atom. The average molecular weight is 293 g/mol. The third kappa shape index (κ3) is 3.64. The number of hydrogen-bond acceptors (Lipinski definition) is 2. The first kappa shape index (κ1) is 15.8. The molecule has 1 saturated heterocycles. The van der Waals surface area contributed by atoms with E-state index in [4.69, 9.17) is 4.74 Å². The minimum Gasteiger partial charge on any atom is -0.375 e. The Kier molecular flexibility index (Phi) is 5.27. The molecule has 1 N–H and O–H groups in total. The molecular weight excluding hydrogens is 258 g/mol. The predicted octanol–water partition coefficient (Wildman–Crippen LogP) is 4.53. The highest BCUT2D eigenvalue weighted by Gasteiger charge is 2.42. The molecule has 2 nitrogen and oxygen atoms in total. The maximum absolute atomic E-state index is 6.31. The van der Waals surface area contributed by atoms with Crippen LogP contribution in [0.3, 0.4) is 0 Å². The van der Waals surface area contributed by atoms with Crippen molar-refractivity contribution >= 4 is 0 Å². The van der Waals surface area contributed by atoms with E-state index in [1.165, 1.54) is 70.6 Å². The van der Waals surface area contributed by atoms with E-state index in [1.54, 1.807) is 0 Å². The molecule has 1 spiro atoms. The molecular formula is C19H35NO. The molecule has 3 rings (SSSR count). The van der Waals surface area contributed by atoms with Gasteiger partial charge in [0.15, 0.2) is 0 Å². The van der Waals surface area contributed by atoms with E-state index in [0.29, 0.717) is 0 Å². The van der Waals surface area contributed by atoms with Gasteiger partial charge in [-0.25, -0.2) is 0 Å². The summed E-state index contributed by atoms with van der Waals surface area (Å²) in [6.45, 7) is 3.43. The second kappa shape index (κ2) is 7.00. The molecule has 2 unspecified atom stereocenters. The van der Waals surface area contributed by atoms with Gasteiger partial charge in [0.2, 0.25) is 0 Å². The number of ether oxygens (including phenoxy) is 1. The Morgan fingerprint density at radius 3 is 2.33 bits per heavy atom. The van der Waals surface area contributed by atoms with Crippen molar-refractivity contribution in [3.8, 4) is 0 Å². The molecule has 2 atom stereocenters. The Morgan fingerprint density at radius 2 is 1.67 bits per heavy atom. The van der Waals surface area contributed by atoms with Gasteiger partial charge in [-0.2, -0.15) is 0 Å². The van der Waals surface area contributed by atoms with Crippen LogP contribution in [0.1, 0.15) is 77.6 Å². The Labute approximate surface area is 131 Å². The normalized spacial score (nSPS) is 38.3. The topological polar surface area (TPSA) is 21.3 Å². The van der Waals surface area contributed by atoms with Crippen molar-refractivity contribution < 1.29 is 4.74 Å². The molecule has 21 heavy (non-hydrogen) atoms. The van der Waals surface area contributed by atoms with E-state index in [9.17, 15) is 0 Å². The molecule has 1 heterocycles. The highest BCUT2D eigenvalue weighted by molar-refractivity contribution is 4.95. The first-order valence-electron chi connectivity index (χ1n) is 9.54. The van der Waals surface area contributed by atoms with Crippen LogP contribution in [0.4, 0.5) is 0 Å². The zero-order valence-corrected chi connectivity index (χ0v) is 14.2. The zero-order chi connectivity index (χ0) is 14.7. The first-order valence-corrected chi connectivity index (χ1v) is 9.54. The van der Waals surface area contributed by atoms with Gasteiger partial charge in [0.25, 0.3) is 0 Å². The molecule has 2 saturated carbocycles. The van der Waals surface area contributed by atoms with Crippen molar-refractivity contribution in [2.45, 2.75) is 89.2 Å². The Bertz CT molecular complexity index is 310. The lowest BCUT2D eigenvalue weighted by Crippen LogP contribution is -2.50. The van der Waals surface area contributed by atoms with E-state index in [2.05, 4.69) is 19.3 Å². The summed E-state index contributed by atoms with van der Waals surface area (Å²) in [6, 6.07) is 0.736.